The molecule has 0 bridgehead atoms. The number of furan rings is 1. The number of methoxy groups -OCH3 is 1. The Bertz CT molecular complexity index is 1270. The Labute approximate surface area is 185 Å². The van der Waals surface area contributed by atoms with E-state index in [2.05, 4.69) is 14.9 Å². The highest BCUT2D eigenvalue weighted by atomic mass is 19.3. The maximum atomic E-state index is 12.5. The highest BCUT2D eigenvalue weighted by molar-refractivity contribution is 5.61. The van der Waals surface area contributed by atoms with Crippen LogP contribution >= 0.6 is 0 Å². The van der Waals surface area contributed by atoms with Crippen LogP contribution < -0.4 is 23.7 Å². The van der Waals surface area contributed by atoms with E-state index in [0.717, 1.165) is 0 Å². The van der Waals surface area contributed by atoms with Gasteiger partial charge < -0.3 is 32.5 Å². The molecule has 170 valence electrons. The van der Waals surface area contributed by atoms with Gasteiger partial charge in [-0.1, -0.05) is 0 Å². The van der Waals surface area contributed by atoms with Crippen LogP contribution in [-0.4, -0.2) is 30.7 Å². The van der Waals surface area contributed by atoms with Crippen molar-refractivity contribution in [3.8, 4) is 51.9 Å². The third-order valence-electron chi connectivity index (χ3n) is 4.65. The minimum atomic E-state index is -2.97. The molecule has 0 saturated carbocycles. The van der Waals surface area contributed by atoms with Crippen LogP contribution in [0.25, 0.3) is 23.1 Å². The first-order chi connectivity index (χ1) is 16.1. The topological polar surface area (TPSA) is 98.2 Å². The fourth-order valence-electron chi connectivity index (χ4n) is 3.12. The second kappa shape index (κ2) is 8.69. The minimum Gasteiger partial charge on any atom is -0.493 e. The number of fused-ring (bicyclic) bond motifs is 1. The molecule has 0 aliphatic carbocycles. The molecule has 1 aliphatic heterocycles. The quantitative estimate of drug-likeness (QED) is 0.365. The van der Waals surface area contributed by atoms with Crippen molar-refractivity contribution in [2.24, 2.45) is 0 Å². The molecule has 0 atom stereocenters. The molecule has 1 aliphatic rings. The number of hydrogen-bond acceptors (Lipinski definition) is 9. The van der Waals surface area contributed by atoms with Crippen molar-refractivity contribution in [3.05, 3.63) is 54.3 Å². The molecule has 2 aromatic carbocycles. The standard InChI is InChI=1S/C22H16F2N2O7/c1-27-18-8-12(2-5-16(18)32-22(23)24)20-25-26-21(33-20)17-7-4-14(31-17)10-28-13-3-6-15-19(9-13)30-11-29-15/h2-9,22H,10-11H2,1H3. The largest absolute Gasteiger partial charge is 0.493 e. The fraction of sp³-hybridized carbons (Fsp3) is 0.182. The molecule has 0 amide bonds. The predicted octanol–water partition coefficient (Wildman–Crippen LogP) is 4.91. The molecule has 11 heteroatoms. The van der Waals surface area contributed by atoms with Gasteiger partial charge in [-0.15, -0.1) is 10.2 Å². The minimum absolute atomic E-state index is 0.103. The summed E-state index contributed by atoms with van der Waals surface area (Å²) in [5.74, 6) is 3.08. The van der Waals surface area contributed by atoms with E-state index < -0.39 is 6.61 Å². The van der Waals surface area contributed by atoms with Gasteiger partial charge in [0.25, 0.3) is 5.89 Å². The van der Waals surface area contributed by atoms with E-state index in [1.54, 1.807) is 30.3 Å². The van der Waals surface area contributed by atoms with E-state index in [1.165, 1.54) is 25.3 Å². The molecule has 2 aromatic heterocycles. The zero-order valence-electron chi connectivity index (χ0n) is 17.1. The molecule has 0 saturated heterocycles. The normalized spacial score (nSPS) is 12.2. The average molecular weight is 458 g/mol. The van der Waals surface area contributed by atoms with Crippen LogP contribution in [-0.2, 0) is 6.61 Å². The summed E-state index contributed by atoms with van der Waals surface area (Å²) < 4.78 is 62.3. The van der Waals surface area contributed by atoms with E-state index in [4.69, 9.17) is 27.8 Å². The first kappa shape index (κ1) is 20.6. The molecule has 4 aromatic rings. The first-order valence-electron chi connectivity index (χ1n) is 9.67. The number of nitrogens with zero attached hydrogens (tertiary/aromatic N) is 2. The van der Waals surface area contributed by atoms with Gasteiger partial charge in [0.15, 0.2) is 28.8 Å². The van der Waals surface area contributed by atoms with Crippen LogP contribution in [0.1, 0.15) is 5.76 Å². The summed E-state index contributed by atoms with van der Waals surface area (Å²) in [5, 5.41) is 7.97. The lowest BCUT2D eigenvalue weighted by Crippen LogP contribution is -2.03. The van der Waals surface area contributed by atoms with Gasteiger partial charge in [0, 0.05) is 11.6 Å². The van der Waals surface area contributed by atoms with E-state index in [-0.39, 0.29) is 36.7 Å². The van der Waals surface area contributed by atoms with Crippen LogP contribution in [0, 0.1) is 0 Å². The zero-order valence-corrected chi connectivity index (χ0v) is 17.1. The zero-order chi connectivity index (χ0) is 22.8. The molecule has 0 spiro atoms. The summed E-state index contributed by atoms with van der Waals surface area (Å²) in [7, 11) is 1.34. The summed E-state index contributed by atoms with van der Waals surface area (Å²) in [4.78, 5) is 0. The average Bonchev–Trinajstić information content (AvgIpc) is 3.57. The van der Waals surface area contributed by atoms with Gasteiger partial charge >= 0.3 is 6.61 Å². The number of alkyl halides is 2. The highest BCUT2D eigenvalue weighted by Gasteiger charge is 2.18. The van der Waals surface area contributed by atoms with Crippen LogP contribution in [0.2, 0.25) is 0 Å². The van der Waals surface area contributed by atoms with E-state index in [0.29, 0.717) is 34.3 Å². The Morgan fingerprint density at radius 3 is 2.61 bits per heavy atom. The summed E-state index contributed by atoms with van der Waals surface area (Å²) in [6.45, 7) is -2.61. The third-order valence-corrected chi connectivity index (χ3v) is 4.65. The lowest BCUT2D eigenvalue weighted by Gasteiger charge is -2.10. The number of rotatable bonds is 8. The monoisotopic (exact) mass is 458 g/mol. The van der Waals surface area contributed by atoms with Crippen LogP contribution in [0.4, 0.5) is 8.78 Å². The Morgan fingerprint density at radius 2 is 1.76 bits per heavy atom. The second-order valence-corrected chi connectivity index (χ2v) is 6.73. The number of hydrogen-bond donors (Lipinski definition) is 0. The van der Waals surface area contributed by atoms with Crippen molar-refractivity contribution >= 4 is 0 Å². The fourth-order valence-corrected chi connectivity index (χ4v) is 3.12. The lowest BCUT2D eigenvalue weighted by atomic mass is 10.2. The maximum absolute atomic E-state index is 12.5. The van der Waals surface area contributed by atoms with Crippen molar-refractivity contribution in [2.75, 3.05) is 13.9 Å². The molecular formula is C22H16F2N2O7. The van der Waals surface area contributed by atoms with E-state index >= 15 is 0 Å². The van der Waals surface area contributed by atoms with Crippen LogP contribution in [0.5, 0.6) is 28.7 Å². The number of benzene rings is 2. The van der Waals surface area contributed by atoms with Crippen molar-refractivity contribution < 1.29 is 41.3 Å². The second-order valence-electron chi connectivity index (χ2n) is 6.73. The molecule has 33 heavy (non-hydrogen) atoms. The van der Waals surface area contributed by atoms with Gasteiger partial charge in [-0.05, 0) is 42.5 Å². The molecule has 0 radical (unpaired) electrons. The first-order valence-corrected chi connectivity index (χ1v) is 9.67. The number of halogens is 2. The van der Waals surface area contributed by atoms with E-state index in [9.17, 15) is 8.78 Å². The Balaban J connectivity index is 1.28. The Kier molecular flexibility index (Phi) is 5.43. The molecule has 3 heterocycles. The number of ether oxygens (including phenoxy) is 5. The summed E-state index contributed by atoms with van der Waals surface area (Å²) in [6.07, 6.45) is 0. The lowest BCUT2D eigenvalue weighted by molar-refractivity contribution is -0.0512. The number of aromatic nitrogens is 2. The maximum Gasteiger partial charge on any atom is 0.387 e. The Hall–Kier alpha value is -4.28. The summed E-state index contributed by atoms with van der Waals surface area (Å²) in [5.41, 5.74) is 0.463. The molecule has 5 rings (SSSR count). The SMILES string of the molecule is COc1cc(-c2nnc(-c3ccc(COc4ccc5c(c4)OCO5)o3)o2)ccc1OC(F)F. The van der Waals surface area contributed by atoms with Crippen LogP contribution in [0.3, 0.4) is 0 Å². The van der Waals surface area contributed by atoms with Crippen molar-refractivity contribution in [2.45, 2.75) is 13.2 Å². The smallest absolute Gasteiger partial charge is 0.387 e. The van der Waals surface area contributed by atoms with Crippen LogP contribution in [0.15, 0.2) is 57.4 Å². The summed E-state index contributed by atoms with van der Waals surface area (Å²) in [6, 6.07) is 13.0. The molecular weight excluding hydrogens is 442 g/mol. The van der Waals surface area contributed by atoms with Gasteiger partial charge in [0.2, 0.25) is 12.7 Å². The van der Waals surface area contributed by atoms with Crippen molar-refractivity contribution in [1.29, 1.82) is 0 Å². The van der Waals surface area contributed by atoms with Crippen molar-refractivity contribution in [1.82, 2.24) is 10.2 Å². The van der Waals surface area contributed by atoms with Gasteiger partial charge in [0.1, 0.15) is 18.1 Å². The molecule has 0 unspecified atom stereocenters. The predicted molar refractivity (Wildman–Crippen MR) is 108 cm³/mol. The molecule has 0 fully saturated rings. The molecule has 0 N–H and O–H groups in total. The van der Waals surface area contributed by atoms with E-state index in [1.807, 2.05) is 0 Å². The summed E-state index contributed by atoms with van der Waals surface area (Å²) >= 11 is 0. The molecule has 9 nitrogen and oxygen atoms in total. The van der Waals surface area contributed by atoms with Gasteiger partial charge in [-0.2, -0.15) is 8.78 Å². The van der Waals surface area contributed by atoms with Gasteiger partial charge in [-0.25, -0.2) is 0 Å². The van der Waals surface area contributed by atoms with Gasteiger partial charge in [0.05, 0.1) is 7.11 Å². The highest BCUT2D eigenvalue weighted by Crippen LogP contribution is 2.36. The Morgan fingerprint density at radius 1 is 0.909 bits per heavy atom. The van der Waals surface area contributed by atoms with Crippen molar-refractivity contribution in [3.63, 3.8) is 0 Å². The van der Waals surface area contributed by atoms with Gasteiger partial charge in [-0.3, -0.25) is 0 Å². The third kappa shape index (κ3) is 4.38.